The van der Waals surface area contributed by atoms with Crippen molar-refractivity contribution < 1.29 is 13.3 Å². The molecule has 0 spiro atoms. The Bertz CT molecular complexity index is 3920. The number of fused-ring (bicyclic) bond motifs is 15. The summed E-state index contributed by atoms with van der Waals surface area (Å²) in [5.74, 6) is 0. The molecule has 15 aromatic heterocycles. The highest BCUT2D eigenvalue weighted by Crippen LogP contribution is 2.35. The molecule has 340 valence electrons. The van der Waals surface area contributed by atoms with Crippen molar-refractivity contribution in [1.82, 2.24) is 49.8 Å². The molecule has 0 aliphatic rings. The first-order valence-corrected chi connectivity index (χ1v) is 23.9. The van der Waals surface area contributed by atoms with E-state index in [9.17, 15) is 0 Å². The van der Waals surface area contributed by atoms with Gasteiger partial charge in [-0.05, 0) is 120 Å². The molecule has 0 aliphatic carbocycles. The van der Waals surface area contributed by atoms with E-state index in [0.29, 0.717) is 11.4 Å². The fourth-order valence-electron chi connectivity index (χ4n) is 8.50. The van der Waals surface area contributed by atoms with Crippen LogP contribution in [0.1, 0.15) is 28.5 Å². The van der Waals surface area contributed by atoms with Gasteiger partial charge in [-0.15, -0.1) is 22.7 Å². The summed E-state index contributed by atoms with van der Waals surface area (Å²) in [6, 6.07) is 27.6. The second kappa shape index (κ2) is 18.8. The third-order valence-corrected chi connectivity index (χ3v) is 13.9. The van der Waals surface area contributed by atoms with Gasteiger partial charge in [-0.1, -0.05) is 0 Å². The van der Waals surface area contributed by atoms with E-state index in [0.717, 1.165) is 88.1 Å². The fraction of sp³-hybridized carbons (Fsp3) is 0.0909. The lowest BCUT2D eigenvalue weighted by Gasteiger charge is -1.94. The third-order valence-electron chi connectivity index (χ3n) is 11.7. The van der Waals surface area contributed by atoms with Crippen molar-refractivity contribution in [2.45, 2.75) is 34.6 Å². The minimum atomic E-state index is 0.665. The number of aromatic nitrogens is 10. The molecule has 0 fully saturated rings. The zero-order valence-electron chi connectivity index (χ0n) is 38.4. The van der Waals surface area contributed by atoms with Crippen LogP contribution >= 0.6 is 22.7 Å². The normalized spacial score (nSPS) is 11.2. The topological polar surface area (TPSA) is 168 Å². The molecule has 13 nitrogen and oxygen atoms in total. The predicted molar refractivity (Wildman–Crippen MR) is 281 cm³/mol. The van der Waals surface area contributed by atoms with Gasteiger partial charge in [0.25, 0.3) is 0 Å². The standard InChI is InChI=1S/3C11H8N2O.2C11H8N2S/c1-7-11-8-2-4-12-6-10(8)14-9(11)3-5-13-7;1-7-4-5-8-10-9(3-2-6-12-10)14-11(8)13-7;1-7-10-8-3-2-5-13-11(8)14-9(10)4-6-12-7;1-7-11-8-2-4-12-6-10(8)14-9(11)3-5-13-7;1-7-10-8-3-2-5-13-11(8)14-9(10)4-6-12-7/h5*2-6H,1H3. The van der Waals surface area contributed by atoms with Crippen molar-refractivity contribution in [2.24, 2.45) is 0 Å². The van der Waals surface area contributed by atoms with Crippen LogP contribution in [0.25, 0.3) is 107 Å². The second-order valence-corrected chi connectivity index (χ2v) is 18.3. The average Bonchev–Trinajstić information content (AvgIpc) is 4.21. The van der Waals surface area contributed by atoms with Gasteiger partial charge in [0, 0.05) is 138 Å². The summed E-state index contributed by atoms with van der Waals surface area (Å²) in [6.07, 6.45) is 19.8. The SMILES string of the molecule is Cc1ccc2c(n1)oc1cccnc12.Cc1nccc2oc3cnccc3c12.Cc1nccc2oc3ncccc3c12.Cc1nccc2sc3cnccc3c12.Cc1nccc2sc3ncccc3c12. The van der Waals surface area contributed by atoms with Crippen molar-refractivity contribution in [2.75, 3.05) is 0 Å². The van der Waals surface area contributed by atoms with Crippen LogP contribution in [-0.4, -0.2) is 49.8 Å². The second-order valence-electron chi connectivity index (χ2n) is 16.2. The van der Waals surface area contributed by atoms with Crippen molar-refractivity contribution in [3.05, 3.63) is 182 Å². The molecule has 0 atom stereocenters. The molecule has 0 saturated carbocycles. The maximum absolute atomic E-state index is 5.63. The van der Waals surface area contributed by atoms with Gasteiger partial charge < -0.3 is 13.3 Å². The van der Waals surface area contributed by atoms with E-state index in [1.165, 1.54) is 35.6 Å². The van der Waals surface area contributed by atoms with Crippen LogP contribution in [0.4, 0.5) is 0 Å². The quantitative estimate of drug-likeness (QED) is 0.141. The predicted octanol–water partition coefficient (Wildman–Crippen LogP) is 14.4. The molecule has 15 heterocycles. The van der Waals surface area contributed by atoms with E-state index >= 15 is 0 Å². The Morgan fingerprint density at radius 3 is 1.71 bits per heavy atom. The Morgan fingerprint density at radius 1 is 0.357 bits per heavy atom. The van der Waals surface area contributed by atoms with E-state index in [4.69, 9.17) is 13.3 Å². The molecule has 15 rings (SSSR count). The Morgan fingerprint density at radius 2 is 0.943 bits per heavy atom. The van der Waals surface area contributed by atoms with Gasteiger partial charge in [0.2, 0.25) is 11.4 Å². The average molecular weight is 953 g/mol. The highest BCUT2D eigenvalue weighted by molar-refractivity contribution is 7.26. The lowest BCUT2D eigenvalue weighted by atomic mass is 10.2. The smallest absolute Gasteiger partial charge is 0.229 e. The third kappa shape index (κ3) is 8.37. The number of pyridine rings is 10. The van der Waals surface area contributed by atoms with Gasteiger partial charge >= 0.3 is 0 Å². The summed E-state index contributed by atoms with van der Waals surface area (Å²) in [5, 5.41) is 10.3. The van der Waals surface area contributed by atoms with Crippen LogP contribution in [0.3, 0.4) is 0 Å². The Kier molecular flexibility index (Phi) is 11.8. The van der Waals surface area contributed by atoms with Gasteiger partial charge in [-0.3, -0.25) is 34.9 Å². The summed E-state index contributed by atoms with van der Waals surface area (Å²) in [4.78, 5) is 43.4. The summed E-state index contributed by atoms with van der Waals surface area (Å²) >= 11 is 3.50. The van der Waals surface area contributed by atoms with Crippen molar-refractivity contribution >= 4 is 129 Å². The molecule has 0 aromatic carbocycles. The molecule has 15 aromatic rings. The Balaban J connectivity index is 0.0000000952. The van der Waals surface area contributed by atoms with Crippen LogP contribution < -0.4 is 0 Å². The molecule has 70 heavy (non-hydrogen) atoms. The van der Waals surface area contributed by atoms with E-state index < -0.39 is 0 Å². The van der Waals surface area contributed by atoms with Gasteiger partial charge in [0.15, 0.2) is 11.2 Å². The van der Waals surface area contributed by atoms with Crippen molar-refractivity contribution in [3.8, 4) is 0 Å². The van der Waals surface area contributed by atoms with E-state index in [-0.39, 0.29) is 0 Å². The number of hydrogen-bond acceptors (Lipinski definition) is 15. The van der Waals surface area contributed by atoms with Gasteiger partial charge in [0.05, 0.1) is 21.7 Å². The van der Waals surface area contributed by atoms with Crippen LogP contribution in [0.5, 0.6) is 0 Å². The first-order chi connectivity index (χ1) is 34.3. The monoisotopic (exact) mass is 952 g/mol. The van der Waals surface area contributed by atoms with Gasteiger partial charge in [-0.25, -0.2) is 15.0 Å². The van der Waals surface area contributed by atoms with E-state index in [2.05, 4.69) is 81.0 Å². The minimum Gasteiger partial charge on any atom is -0.454 e. The first kappa shape index (κ1) is 43.9. The summed E-state index contributed by atoms with van der Waals surface area (Å²) in [5.41, 5.74) is 10.7. The molecule has 0 bridgehead atoms. The maximum atomic E-state index is 5.63. The number of nitrogens with zero attached hydrogens (tertiary/aromatic N) is 10. The van der Waals surface area contributed by atoms with Crippen LogP contribution in [0.15, 0.2) is 166 Å². The fourth-order valence-corrected chi connectivity index (χ4v) is 10.7. The van der Waals surface area contributed by atoms with Gasteiger partial charge in [-0.2, -0.15) is 0 Å². The highest BCUT2D eigenvalue weighted by atomic mass is 32.1. The van der Waals surface area contributed by atoms with Crippen LogP contribution in [0.2, 0.25) is 0 Å². The first-order valence-electron chi connectivity index (χ1n) is 22.2. The van der Waals surface area contributed by atoms with E-state index in [1.54, 1.807) is 59.9 Å². The highest BCUT2D eigenvalue weighted by Gasteiger charge is 2.12. The molecule has 0 unspecified atom stereocenters. The summed E-state index contributed by atoms with van der Waals surface area (Å²) in [7, 11) is 0. The molecule has 0 saturated heterocycles. The zero-order valence-corrected chi connectivity index (χ0v) is 40.1. The number of thiophene rings is 2. The molecule has 0 radical (unpaired) electrons. The molecule has 0 amide bonds. The van der Waals surface area contributed by atoms with Crippen molar-refractivity contribution in [1.29, 1.82) is 0 Å². The number of furan rings is 3. The maximum Gasteiger partial charge on any atom is 0.229 e. The largest absolute Gasteiger partial charge is 0.454 e. The van der Waals surface area contributed by atoms with E-state index in [1.807, 2.05) is 119 Å². The number of rotatable bonds is 0. The summed E-state index contributed by atoms with van der Waals surface area (Å²) in [6.45, 7) is 10.00. The molecule has 0 aliphatic heterocycles. The summed E-state index contributed by atoms with van der Waals surface area (Å²) < 4.78 is 20.6. The van der Waals surface area contributed by atoms with Crippen molar-refractivity contribution in [3.63, 3.8) is 0 Å². The molecular weight excluding hydrogens is 913 g/mol. The number of aryl methyl sites for hydroxylation is 5. The number of hydrogen-bond donors (Lipinski definition) is 0. The zero-order chi connectivity index (χ0) is 47.7. The Labute approximate surface area is 406 Å². The van der Waals surface area contributed by atoms with Gasteiger partial charge in [0.1, 0.15) is 21.5 Å². The molecular formula is C55H40N10O3S2. The molecule has 0 N–H and O–H groups in total. The minimum absolute atomic E-state index is 0.665. The Hall–Kier alpha value is -8.66. The lowest BCUT2D eigenvalue weighted by Crippen LogP contribution is -1.79. The lowest BCUT2D eigenvalue weighted by molar-refractivity contribution is 0.652. The van der Waals surface area contributed by atoms with Crippen LogP contribution in [-0.2, 0) is 0 Å². The molecule has 15 heteroatoms. The van der Waals surface area contributed by atoms with Crippen LogP contribution in [0, 0.1) is 34.6 Å².